The molecule has 1 saturated carbocycles. The van der Waals surface area contributed by atoms with Crippen molar-refractivity contribution >= 4 is 17.9 Å². The molecule has 0 aliphatic heterocycles. The Morgan fingerprint density at radius 2 is 1.81 bits per heavy atom. The van der Waals surface area contributed by atoms with Crippen molar-refractivity contribution in [3.8, 4) is 0 Å². The Hall–Kier alpha value is -1.79. The summed E-state index contributed by atoms with van der Waals surface area (Å²) in [4.78, 5) is 35.6. The lowest BCUT2D eigenvalue weighted by Crippen LogP contribution is -2.49. The summed E-state index contributed by atoms with van der Waals surface area (Å²) in [5.41, 5.74) is 5.01. The summed E-state index contributed by atoms with van der Waals surface area (Å²) in [5, 5.41) is 11.6. The number of primary amides is 1. The lowest BCUT2D eigenvalue weighted by Gasteiger charge is -2.28. The average molecular weight is 299 g/mol. The fourth-order valence-electron chi connectivity index (χ4n) is 2.61. The average Bonchev–Trinajstić information content (AvgIpc) is 2.70. The number of hydrogen-bond acceptors (Lipinski definition) is 3. The van der Waals surface area contributed by atoms with Gasteiger partial charge in [-0.3, -0.25) is 4.79 Å². The van der Waals surface area contributed by atoms with E-state index in [9.17, 15) is 14.4 Å². The van der Waals surface area contributed by atoms with Gasteiger partial charge in [0.15, 0.2) is 0 Å². The van der Waals surface area contributed by atoms with Gasteiger partial charge in [-0.25, -0.2) is 9.59 Å². The number of urea groups is 1. The monoisotopic (exact) mass is 299 g/mol. The van der Waals surface area contributed by atoms with Crippen molar-refractivity contribution in [3.05, 3.63) is 0 Å². The molecule has 0 bridgehead atoms. The summed E-state index contributed by atoms with van der Waals surface area (Å²) >= 11 is 0. The van der Waals surface area contributed by atoms with E-state index in [1.54, 1.807) is 11.9 Å². The maximum atomic E-state index is 12.1. The Labute approximate surface area is 124 Å². The van der Waals surface area contributed by atoms with Gasteiger partial charge in [0, 0.05) is 19.5 Å². The molecule has 120 valence electrons. The van der Waals surface area contributed by atoms with Gasteiger partial charge in [0.25, 0.3) is 0 Å². The number of hydrogen-bond donors (Lipinski definition) is 3. The number of aliphatic carboxylic acids is 1. The van der Waals surface area contributed by atoms with Gasteiger partial charge in [0.2, 0.25) is 5.91 Å². The second-order valence-electron chi connectivity index (χ2n) is 5.60. The Morgan fingerprint density at radius 1 is 1.24 bits per heavy atom. The SMILES string of the molecule is CN(C(=O)N[C@H](CCC(N)=O)C(=O)O)C1CCCCCC1. The van der Waals surface area contributed by atoms with E-state index in [0.29, 0.717) is 0 Å². The van der Waals surface area contributed by atoms with Crippen LogP contribution in [-0.2, 0) is 9.59 Å². The third-order valence-electron chi connectivity index (χ3n) is 3.97. The van der Waals surface area contributed by atoms with Crippen LogP contribution < -0.4 is 11.1 Å². The van der Waals surface area contributed by atoms with Gasteiger partial charge in [0.05, 0.1) is 0 Å². The predicted molar refractivity (Wildman–Crippen MR) is 77.6 cm³/mol. The van der Waals surface area contributed by atoms with E-state index in [1.807, 2.05) is 0 Å². The minimum Gasteiger partial charge on any atom is -0.480 e. The quantitative estimate of drug-likeness (QED) is 0.637. The third kappa shape index (κ3) is 6.01. The second-order valence-corrected chi connectivity index (χ2v) is 5.60. The van der Waals surface area contributed by atoms with Crippen LogP contribution in [0.15, 0.2) is 0 Å². The zero-order valence-corrected chi connectivity index (χ0v) is 12.5. The highest BCUT2D eigenvalue weighted by molar-refractivity contribution is 5.83. The van der Waals surface area contributed by atoms with Crippen LogP contribution in [0.1, 0.15) is 51.4 Å². The van der Waals surface area contributed by atoms with Crippen LogP contribution in [-0.4, -0.2) is 47.0 Å². The van der Waals surface area contributed by atoms with Crippen molar-refractivity contribution in [2.24, 2.45) is 5.73 Å². The predicted octanol–water partition coefficient (Wildman–Crippen LogP) is 1.07. The molecule has 0 unspecified atom stereocenters. The molecule has 3 amide bonds. The summed E-state index contributed by atoms with van der Waals surface area (Å²) in [6, 6.07) is -1.34. The first kappa shape index (κ1) is 17.3. The highest BCUT2D eigenvalue weighted by Crippen LogP contribution is 2.21. The van der Waals surface area contributed by atoms with E-state index >= 15 is 0 Å². The molecular formula is C14H25N3O4. The molecule has 7 nitrogen and oxygen atoms in total. The normalized spacial score (nSPS) is 17.6. The van der Waals surface area contributed by atoms with Crippen LogP contribution in [0.5, 0.6) is 0 Å². The molecule has 1 atom stereocenters. The van der Waals surface area contributed by atoms with E-state index in [-0.39, 0.29) is 18.9 Å². The number of carboxylic acid groups (broad SMARTS) is 1. The van der Waals surface area contributed by atoms with E-state index in [1.165, 1.54) is 12.8 Å². The van der Waals surface area contributed by atoms with Gasteiger partial charge in [0.1, 0.15) is 6.04 Å². The molecule has 0 spiro atoms. The van der Waals surface area contributed by atoms with Crippen molar-refractivity contribution in [3.63, 3.8) is 0 Å². The molecule has 0 aromatic carbocycles. The first-order chi connectivity index (χ1) is 9.91. The molecule has 0 heterocycles. The number of carbonyl (C=O) groups is 3. The van der Waals surface area contributed by atoms with Crippen molar-refractivity contribution in [2.45, 2.75) is 63.5 Å². The highest BCUT2D eigenvalue weighted by atomic mass is 16.4. The summed E-state index contributed by atoms with van der Waals surface area (Å²) < 4.78 is 0. The maximum Gasteiger partial charge on any atom is 0.326 e. The maximum absolute atomic E-state index is 12.1. The summed E-state index contributed by atoms with van der Waals surface area (Å²) in [7, 11) is 1.69. The van der Waals surface area contributed by atoms with Gasteiger partial charge in [-0.1, -0.05) is 25.7 Å². The molecular weight excluding hydrogens is 274 g/mol. The molecule has 1 aliphatic rings. The number of carboxylic acids is 1. The fourth-order valence-corrected chi connectivity index (χ4v) is 2.61. The first-order valence-corrected chi connectivity index (χ1v) is 7.46. The lowest BCUT2D eigenvalue weighted by atomic mass is 10.1. The van der Waals surface area contributed by atoms with Crippen LogP contribution in [0.25, 0.3) is 0 Å². The molecule has 0 aromatic rings. The van der Waals surface area contributed by atoms with Crippen LogP contribution in [0.3, 0.4) is 0 Å². The number of carbonyl (C=O) groups excluding carboxylic acids is 2. The number of nitrogens with two attached hydrogens (primary N) is 1. The summed E-state index contributed by atoms with van der Waals surface area (Å²) in [6.07, 6.45) is 6.38. The minimum atomic E-state index is -1.15. The second kappa shape index (κ2) is 8.49. The standard InChI is InChI=1S/C14H25N3O4/c1-17(10-6-4-2-3-5-7-10)14(21)16-11(13(19)20)8-9-12(15)18/h10-11H,2-9H2,1H3,(H2,15,18)(H,16,21)(H,19,20)/t11-/m1/s1. The summed E-state index contributed by atoms with van der Waals surface area (Å²) in [6.45, 7) is 0. The molecule has 7 heteroatoms. The highest BCUT2D eigenvalue weighted by Gasteiger charge is 2.26. The van der Waals surface area contributed by atoms with E-state index in [2.05, 4.69) is 5.32 Å². The molecule has 1 fully saturated rings. The van der Waals surface area contributed by atoms with Gasteiger partial charge >= 0.3 is 12.0 Å². The molecule has 0 radical (unpaired) electrons. The molecule has 21 heavy (non-hydrogen) atoms. The van der Waals surface area contributed by atoms with E-state index in [0.717, 1.165) is 25.7 Å². The van der Waals surface area contributed by atoms with Gasteiger partial charge in [-0.2, -0.15) is 0 Å². The lowest BCUT2D eigenvalue weighted by molar-refractivity contribution is -0.139. The van der Waals surface area contributed by atoms with Crippen molar-refractivity contribution in [2.75, 3.05) is 7.05 Å². The Kier molecular flexibility index (Phi) is 6.98. The smallest absolute Gasteiger partial charge is 0.326 e. The van der Waals surface area contributed by atoms with Crippen LogP contribution in [0.2, 0.25) is 0 Å². The zero-order chi connectivity index (χ0) is 15.8. The number of nitrogens with one attached hydrogen (secondary N) is 1. The Morgan fingerprint density at radius 3 is 2.29 bits per heavy atom. The molecule has 1 rings (SSSR count). The minimum absolute atomic E-state index is 0.00884. The largest absolute Gasteiger partial charge is 0.480 e. The number of nitrogens with zero attached hydrogens (tertiary/aromatic N) is 1. The number of amides is 3. The van der Waals surface area contributed by atoms with Crippen molar-refractivity contribution in [1.82, 2.24) is 10.2 Å². The molecule has 1 aliphatic carbocycles. The third-order valence-corrected chi connectivity index (χ3v) is 3.97. The molecule has 4 N–H and O–H groups in total. The van der Waals surface area contributed by atoms with Gasteiger partial charge < -0.3 is 21.1 Å². The topological polar surface area (TPSA) is 113 Å². The molecule has 0 aromatic heterocycles. The Balaban J connectivity index is 2.54. The first-order valence-electron chi connectivity index (χ1n) is 7.46. The molecule has 0 saturated heterocycles. The fraction of sp³-hybridized carbons (Fsp3) is 0.786. The van der Waals surface area contributed by atoms with Crippen molar-refractivity contribution < 1.29 is 19.5 Å². The van der Waals surface area contributed by atoms with Crippen molar-refractivity contribution in [1.29, 1.82) is 0 Å². The summed E-state index contributed by atoms with van der Waals surface area (Å²) in [5.74, 6) is -1.73. The van der Waals surface area contributed by atoms with Crippen LogP contribution in [0.4, 0.5) is 4.79 Å². The Bertz CT molecular complexity index is 378. The van der Waals surface area contributed by atoms with Gasteiger partial charge in [-0.15, -0.1) is 0 Å². The van der Waals surface area contributed by atoms with Crippen LogP contribution >= 0.6 is 0 Å². The van der Waals surface area contributed by atoms with E-state index < -0.39 is 23.9 Å². The van der Waals surface area contributed by atoms with Gasteiger partial charge in [-0.05, 0) is 19.3 Å². The zero-order valence-electron chi connectivity index (χ0n) is 12.5. The van der Waals surface area contributed by atoms with Crippen LogP contribution in [0, 0.1) is 0 Å². The number of rotatable bonds is 6. The van der Waals surface area contributed by atoms with E-state index in [4.69, 9.17) is 10.8 Å².